The summed E-state index contributed by atoms with van der Waals surface area (Å²) in [7, 11) is 0. The number of rotatable bonds is 4. The van der Waals surface area contributed by atoms with Gasteiger partial charge in [-0.2, -0.15) is 15.0 Å². The highest BCUT2D eigenvalue weighted by Crippen LogP contribution is 2.50. The molecular formula is C64H38N8. The van der Waals surface area contributed by atoms with E-state index >= 15 is 0 Å². The number of hydrogen-bond acceptors (Lipinski definition) is 4. The van der Waals surface area contributed by atoms with Gasteiger partial charge >= 0.3 is 0 Å². The van der Waals surface area contributed by atoms with Crippen LogP contribution in [0.15, 0.2) is 231 Å². The second-order valence-corrected chi connectivity index (χ2v) is 18.6. The molecule has 10 aromatic carbocycles. The summed E-state index contributed by atoms with van der Waals surface area (Å²) in [5.41, 5.74) is 19.0. The summed E-state index contributed by atoms with van der Waals surface area (Å²) in [6.07, 6.45) is 0. The summed E-state index contributed by atoms with van der Waals surface area (Å²) >= 11 is 0. The highest BCUT2D eigenvalue weighted by molar-refractivity contribution is 6.12. The molecule has 0 spiro atoms. The van der Waals surface area contributed by atoms with E-state index in [1.54, 1.807) is 0 Å². The first-order chi connectivity index (χ1) is 35.7. The Morgan fingerprint density at radius 2 is 0.625 bits per heavy atom. The van der Waals surface area contributed by atoms with Gasteiger partial charge in [0.2, 0.25) is 17.7 Å². The Kier molecular flexibility index (Phi) is 8.01. The molecule has 1 aliphatic carbocycles. The summed E-state index contributed by atoms with van der Waals surface area (Å²) in [5, 5.41) is 4.57. The van der Waals surface area contributed by atoms with Gasteiger partial charge in [-0.15, -0.1) is 0 Å². The Labute approximate surface area is 411 Å². The van der Waals surface area contributed by atoms with Crippen molar-refractivity contribution in [2.75, 3.05) is 0 Å². The van der Waals surface area contributed by atoms with Crippen LogP contribution in [0.2, 0.25) is 0 Å². The summed E-state index contributed by atoms with van der Waals surface area (Å²) in [6, 6.07) is 82.3. The van der Waals surface area contributed by atoms with Crippen LogP contribution in [0.3, 0.4) is 0 Å². The molecule has 8 heteroatoms. The van der Waals surface area contributed by atoms with Crippen LogP contribution in [0.5, 0.6) is 0 Å². The Morgan fingerprint density at radius 1 is 0.250 bits per heavy atom. The Balaban J connectivity index is 1.10. The zero-order chi connectivity index (χ0) is 47.0. The van der Waals surface area contributed by atoms with Gasteiger partial charge in [-0.1, -0.05) is 170 Å². The van der Waals surface area contributed by atoms with Crippen LogP contribution in [0.1, 0.15) is 0 Å². The van der Waals surface area contributed by atoms with Gasteiger partial charge in [0.15, 0.2) is 5.82 Å². The zero-order valence-electron chi connectivity index (χ0n) is 38.5. The second-order valence-electron chi connectivity index (χ2n) is 18.6. The molecule has 16 rings (SSSR count). The highest BCUT2D eigenvalue weighted by Gasteiger charge is 2.28. The first-order valence-electron chi connectivity index (χ1n) is 24.3. The monoisotopic (exact) mass is 918 g/mol. The third kappa shape index (κ3) is 5.40. The molecule has 0 N–H and O–H groups in total. The van der Waals surface area contributed by atoms with Gasteiger partial charge in [-0.25, -0.2) is 9.55 Å². The smallest absolute Gasteiger partial charge is 0.242 e. The molecule has 8 nitrogen and oxygen atoms in total. The second kappa shape index (κ2) is 14.8. The third-order valence-corrected chi connectivity index (χ3v) is 14.8. The molecule has 0 amide bonds. The molecule has 0 unspecified atom stereocenters. The Morgan fingerprint density at radius 3 is 1.14 bits per heavy atom. The van der Waals surface area contributed by atoms with E-state index in [1.165, 1.54) is 27.5 Å². The van der Waals surface area contributed by atoms with Gasteiger partial charge in [-0.05, 0) is 105 Å². The predicted octanol–water partition coefficient (Wildman–Crippen LogP) is 15.5. The average Bonchev–Trinajstić information content (AvgIpc) is 4.18. The van der Waals surface area contributed by atoms with E-state index in [1.807, 2.05) is 6.07 Å². The van der Waals surface area contributed by atoms with Gasteiger partial charge in [0.25, 0.3) is 0 Å². The lowest BCUT2D eigenvalue weighted by molar-refractivity contribution is 0.884. The van der Waals surface area contributed by atoms with Crippen molar-refractivity contribution >= 4 is 71.5 Å². The molecule has 1 aliphatic rings. The number of hydrogen-bond donors (Lipinski definition) is 0. The lowest BCUT2D eigenvalue weighted by Crippen LogP contribution is -2.12. The van der Waals surface area contributed by atoms with Crippen LogP contribution in [0, 0.1) is 0 Å². The average molecular weight is 919 g/mol. The van der Waals surface area contributed by atoms with Crippen molar-refractivity contribution in [3.63, 3.8) is 0 Å². The minimum Gasteiger partial charge on any atom is -0.308 e. The van der Waals surface area contributed by atoms with Crippen LogP contribution >= 0.6 is 0 Å². The lowest BCUT2D eigenvalue weighted by atomic mass is 9.80. The number of para-hydroxylation sites is 8. The summed E-state index contributed by atoms with van der Waals surface area (Å²) in [5.74, 6) is 2.20. The summed E-state index contributed by atoms with van der Waals surface area (Å²) in [6.45, 7) is 0. The largest absolute Gasteiger partial charge is 0.308 e. The van der Waals surface area contributed by atoms with Crippen molar-refractivity contribution in [3.8, 4) is 73.5 Å². The number of imidazole rings is 2. The molecule has 0 aliphatic heterocycles. The molecule has 5 aromatic heterocycles. The van der Waals surface area contributed by atoms with Gasteiger partial charge in [0.1, 0.15) is 0 Å². The molecule has 72 heavy (non-hydrogen) atoms. The van der Waals surface area contributed by atoms with Crippen LogP contribution in [0.4, 0.5) is 0 Å². The van der Waals surface area contributed by atoms with Gasteiger partial charge in [0, 0.05) is 27.1 Å². The van der Waals surface area contributed by atoms with E-state index in [0.29, 0.717) is 23.5 Å². The number of nitrogens with zero attached hydrogens (tertiary/aromatic N) is 8. The van der Waals surface area contributed by atoms with E-state index in [9.17, 15) is 0 Å². The number of aromatic nitrogens is 8. The fourth-order valence-electron chi connectivity index (χ4n) is 11.8. The molecule has 0 saturated heterocycles. The normalized spacial score (nSPS) is 12.2. The van der Waals surface area contributed by atoms with Gasteiger partial charge in [-0.3, -0.25) is 8.97 Å². The number of fused-ring (bicyclic) bond motifs is 19. The molecule has 5 heterocycles. The summed E-state index contributed by atoms with van der Waals surface area (Å²) < 4.78 is 8.93. The quantitative estimate of drug-likeness (QED) is 0.176. The third-order valence-electron chi connectivity index (χ3n) is 14.8. The minimum atomic E-state index is 0.456. The van der Waals surface area contributed by atoms with Crippen molar-refractivity contribution in [2.24, 2.45) is 0 Å². The maximum absolute atomic E-state index is 5.71. The Bertz CT molecular complexity index is 4670. The van der Waals surface area contributed by atoms with E-state index in [0.717, 1.165) is 94.0 Å². The van der Waals surface area contributed by atoms with E-state index in [2.05, 4.69) is 243 Å². The molecule has 334 valence electrons. The first-order valence-corrected chi connectivity index (χ1v) is 24.3. The lowest BCUT2D eigenvalue weighted by Gasteiger charge is -2.25. The SMILES string of the molecule is c1ccc2c(c1)-c1ccccc1-c1cc(-c3nc(-n4c5ccccc5c5ccccc54)nc(-n4c5ccccc5n5c6ccccc6nc45)n3)c(-n3c4ccccc4c4ccccc43)cc1-c1ccccc1-2. The molecular weight excluding hydrogens is 881 g/mol. The van der Waals surface area contributed by atoms with Crippen molar-refractivity contribution in [3.05, 3.63) is 231 Å². The van der Waals surface area contributed by atoms with E-state index in [-0.39, 0.29) is 0 Å². The van der Waals surface area contributed by atoms with Crippen molar-refractivity contribution in [1.29, 1.82) is 0 Å². The predicted molar refractivity (Wildman–Crippen MR) is 292 cm³/mol. The van der Waals surface area contributed by atoms with Crippen LogP contribution in [-0.4, -0.2) is 38.0 Å². The molecule has 0 radical (unpaired) electrons. The van der Waals surface area contributed by atoms with Crippen molar-refractivity contribution in [1.82, 2.24) is 38.0 Å². The first kappa shape index (κ1) is 39.0. The number of benzene rings is 10. The van der Waals surface area contributed by atoms with Crippen LogP contribution in [0.25, 0.3) is 145 Å². The fraction of sp³-hybridized carbons (Fsp3) is 0. The maximum Gasteiger partial charge on any atom is 0.242 e. The minimum absolute atomic E-state index is 0.456. The maximum atomic E-state index is 5.71. The fourth-order valence-corrected chi connectivity index (χ4v) is 11.8. The molecule has 0 saturated carbocycles. The van der Waals surface area contributed by atoms with E-state index < -0.39 is 0 Å². The summed E-state index contributed by atoms with van der Waals surface area (Å²) in [4.78, 5) is 22.3. The van der Waals surface area contributed by atoms with Crippen LogP contribution < -0.4 is 0 Å². The van der Waals surface area contributed by atoms with Gasteiger partial charge < -0.3 is 4.57 Å². The highest BCUT2D eigenvalue weighted by atomic mass is 15.3. The van der Waals surface area contributed by atoms with Crippen LogP contribution in [-0.2, 0) is 0 Å². The topological polar surface area (TPSA) is 70.8 Å². The standard InChI is InChI=1S/C64H38N8/c1-2-20-40-39(19-1)41-21-3-5-23-43(41)49-37-51(60(38-50(49)44-24-6-4-22-42(40)44)69-53-30-12-7-25-45(53)46-26-8-13-31-54(46)69)61-66-62(70-55-32-14-9-27-47(55)48-28-10-15-33-56(48)70)68-63(67-61)72-59-36-18-17-35-58(59)71-57-34-16-11-29-52(57)65-64(71)72/h1-38H. The molecule has 0 atom stereocenters. The van der Waals surface area contributed by atoms with Crippen molar-refractivity contribution in [2.45, 2.75) is 0 Å². The Hall–Kier alpha value is -9.92. The zero-order valence-corrected chi connectivity index (χ0v) is 38.5. The molecule has 15 aromatic rings. The van der Waals surface area contributed by atoms with E-state index in [4.69, 9.17) is 19.9 Å². The van der Waals surface area contributed by atoms with Gasteiger partial charge in [0.05, 0.1) is 49.8 Å². The molecule has 0 bridgehead atoms. The van der Waals surface area contributed by atoms with Crippen molar-refractivity contribution < 1.29 is 0 Å². The molecule has 0 fully saturated rings.